The van der Waals surface area contributed by atoms with E-state index in [0.717, 1.165) is 30.4 Å². The molecular formula is C14H19Cl2F. The molecule has 1 aromatic carbocycles. The quantitative estimate of drug-likeness (QED) is 0.646. The highest BCUT2D eigenvalue weighted by molar-refractivity contribution is 6.21. The van der Waals surface area contributed by atoms with Gasteiger partial charge in [0.2, 0.25) is 0 Å². The summed E-state index contributed by atoms with van der Waals surface area (Å²) in [5.41, 5.74) is 2.04. The van der Waals surface area contributed by atoms with Crippen molar-refractivity contribution in [1.82, 2.24) is 0 Å². The van der Waals surface area contributed by atoms with Gasteiger partial charge in [-0.15, -0.1) is 23.2 Å². The van der Waals surface area contributed by atoms with Gasteiger partial charge in [-0.2, -0.15) is 0 Å². The average molecular weight is 277 g/mol. The van der Waals surface area contributed by atoms with Gasteiger partial charge in [-0.25, -0.2) is 4.39 Å². The first-order chi connectivity index (χ1) is 8.06. The third-order valence-corrected chi connectivity index (χ3v) is 4.35. The third-order valence-electron chi connectivity index (χ3n) is 3.22. The van der Waals surface area contributed by atoms with Gasteiger partial charge in [0.05, 0.1) is 0 Å². The number of hydrogen-bond donors (Lipinski definition) is 0. The topological polar surface area (TPSA) is 0 Å². The second-order valence-corrected chi connectivity index (χ2v) is 5.30. The molecule has 0 atom stereocenters. The number of rotatable bonds is 6. The summed E-state index contributed by atoms with van der Waals surface area (Å²) in [4.78, 5) is 0. The lowest BCUT2D eigenvalue weighted by atomic mass is 9.80. The second-order valence-electron chi connectivity index (χ2n) is 4.76. The van der Waals surface area contributed by atoms with Gasteiger partial charge < -0.3 is 0 Å². The minimum absolute atomic E-state index is 0.0690. The highest BCUT2D eigenvalue weighted by atomic mass is 35.5. The first-order valence-corrected chi connectivity index (χ1v) is 7.01. The smallest absolute Gasteiger partial charge is 0.123 e. The van der Waals surface area contributed by atoms with E-state index in [1.807, 2.05) is 13.0 Å². The molecule has 0 amide bonds. The molecule has 0 aliphatic carbocycles. The molecule has 0 radical (unpaired) electrons. The van der Waals surface area contributed by atoms with Crippen LogP contribution in [0.1, 0.15) is 30.9 Å². The Kier molecular flexibility index (Phi) is 5.75. The largest absolute Gasteiger partial charge is 0.207 e. The monoisotopic (exact) mass is 276 g/mol. The molecule has 0 unspecified atom stereocenters. The molecule has 0 aliphatic heterocycles. The SMILES string of the molecule is CCCC(CCl)(CCl)Cc1ccc(F)cc1C. The van der Waals surface area contributed by atoms with Crippen molar-refractivity contribution in [2.75, 3.05) is 11.8 Å². The molecule has 0 bridgehead atoms. The molecule has 0 spiro atoms. The molecule has 96 valence electrons. The van der Waals surface area contributed by atoms with Crippen LogP contribution in [0.2, 0.25) is 0 Å². The van der Waals surface area contributed by atoms with Gasteiger partial charge in [0.1, 0.15) is 5.82 Å². The van der Waals surface area contributed by atoms with E-state index >= 15 is 0 Å². The van der Waals surface area contributed by atoms with Gasteiger partial charge in [0, 0.05) is 17.2 Å². The molecule has 1 aromatic rings. The first kappa shape index (κ1) is 14.8. The molecule has 0 heterocycles. The molecule has 1 rings (SSSR count). The fourth-order valence-electron chi connectivity index (χ4n) is 2.14. The number of alkyl halides is 2. The van der Waals surface area contributed by atoms with Crippen LogP contribution in [0.15, 0.2) is 18.2 Å². The summed E-state index contributed by atoms with van der Waals surface area (Å²) in [6, 6.07) is 4.91. The van der Waals surface area contributed by atoms with Crippen LogP contribution in [0.25, 0.3) is 0 Å². The third kappa shape index (κ3) is 3.86. The molecule has 0 aliphatic rings. The van der Waals surface area contributed by atoms with E-state index in [0.29, 0.717) is 11.8 Å². The zero-order chi connectivity index (χ0) is 12.9. The van der Waals surface area contributed by atoms with E-state index in [-0.39, 0.29) is 11.2 Å². The Morgan fingerprint density at radius 1 is 1.24 bits per heavy atom. The Morgan fingerprint density at radius 3 is 2.35 bits per heavy atom. The van der Waals surface area contributed by atoms with Crippen molar-refractivity contribution in [3.63, 3.8) is 0 Å². The average Bonchev–Trinajstić information content (AvgIpc) is 2.32. The van der Waals surface area contributed by atoms with Gasteiger partial charge >= 0.3 is 0 Å². The predicted octanol–water partition coefficient (Wildman–Crippen LogP) is 4.94. The standard InChI is InChI=1S/C14H19Cl2F/c1-3-6-14(9-15,10-16)8-12-4-5-13(17)7-11(12)2/h4-5,7H,3,6,8-10H2,1-2H3. The molecule has 3 heteroatoms. The van der Waals surface area contributed by atoms with Crippen LogP contribution in [-0.4, -0.2) is 11.8 Å². The molecule has 0 aromatic heterocycles. The molecular weight excluding hydrogens is 258 g/mol. The molecule has 0 N–H and O–H groups in total. The van der Waals surface area contributed by atoms with Gasteiger partial charge in [-0.3, -0.25) is 0 Å². The van der Waals surface area contributed by atoms with Crippen LogP contribution in [0.4, 0.5) is 4.39 Å². The van der Waals surface area contributed by atoms with Gasteiger partial charge in [-0.05, 0) is 43.0 Å². The summed E-state index contributed by atoms with van der Waals surface area (Å²) in [5.74, 6) is 0.895. The van der Waals surface area contributed by atoms with Crippen LogP contribution < -0.4 is 0 Å². The van der Waals surface area contributed by atoms with Crippen LogP contribution in [-0.2, 0) is 6.42 Å². The van der Waals surface area contributed by atoms with Crippen LogP contribution in [0.3, 0.4) is 0 Å². The number of benzene rings is 1. The normalized spacial score (nSPS) is 11.8. The van der Waals surface area contributed by atoms with E-state index in [2.05, 4.69) is 6.92 Å². The predicted molar refractivity (Wildman–Crippen MR) is 73.6 cm³/mol. The summed E-state index contributed by atoms with van der Waals surface area (Å²) < 4.78 is 13.0. The maximum atomic E-state index is 13.0. The lowest BCUT2D eigenvalue weighted by molar-refractivity contribution is 0.340. The number of aryl methyl sites for hydroxylation is 1. The van der Waals surface area contributed by atoms with Crippen molar-refractivity contribution in [3.8, 4) is 0 Å². The van der Waals surface area contributed by atoms with Crippen molar-refractivity contribution < 1.29 is 4.39 Å². The van der Waals surface area contributed by atoms with E-state index in [4.69, 9.17) is 23.2 Å². The summed E-state index contributed by atoms with van der Waals surface area (Å²) in [6.45, 7) is 4.06. The van der Waals surface area contributed by atoms with Crippen molar-refractivity contribution >= 4 is 23.2 Å². The zero-order valence-electron chi connectivity index (χ0n) is 10.4. The minimum Gasteiger partial charge on any atom is -0.207 e. The Labute approximate surface area is 113 Å². The Morgan fingerprint density at radius 2 is 1.88 bits per heavy atom. The maximum absolute atomic E-state index is 13.0. The summed E-state index contributed by atoms with van der Waals surface area (Å²) in [6.07, 6.45) is 2.87. The summed E-state index contributed by atoms with van der Waals surface area (Å²) in [5, 5.41) is 0. The van der Waals surface area contributed by atoms with Gasteiger partial charge in [0.15, 0.2) is 0 Å². The lowest BCUT2D eigenvalue weighted by Crippen LogP contribution is -2.28. The molecule has 17 heavy (non-hydrogen) atoms. The van der Waals surface area contributed by atoms with Crippen molar-refractivity contribution in [2.24, 2.45) is 5.41 Å². The van der Waals surface area contributed by atoms with Crippen LogP contribution >= 0.6 is 23.2 Å². The van der Waals surface area contributed by atoms with Crippen LogP contribution in [0.5, 0.6) is 0 Å². The molecule has 0 nitrogen and oxygen atoms in total. The van der Waals surface area contributed by atoms with E-state index in [1.165, 1.54) is 6.07 Å². The highest BCUT2D eigenvalue weighted by Crippen LogP contribution is 2.32. The van der Waals surface area contributed by atoms with E-state index in [1.54, 1.807) is 6.07 Å². The van der Waals surface area contributed by atoms with Gasteiger partial charge in [0.25, 0.3) is 0 Å². The minimum atomic E-state index is -0.191. The van der Waals surface area contributed by atoms with E-state index in [9.17, 15) is 4.39 Å². The Bertz CT molecular complexity index is 359. The first-order valence-electron chi connectivity index (χ1n) is 5.94. The molecule has 0 saturated carbocycles. The van der Waals surface area contributed by atoms with Crippen molar-refractivity contribution in [3.05, 3.63) is 35.1 Å². The Hall–Kier alpha value is -0.270. The van der Waals surface area contributed by atoms with Crippen molar-refractivity contribution in [1.29, 1.82) is 0 Å². The second kappa shape index (κ2) is 6.61. The molecule has 0 fully saturated rings. The summed E-state index contributed by atoms with van der Waals surface area (Å²) >= 11 is 12.2. The summed E-state index contributed by atoms with van der Waals surface area (Å²) in [7, 11) is 0. The highest BCUT2D eigenvalue weighted by Gasteiger charge is 2.28. The fraction of sp³-hybridized carbons (Fsp3) is 0.571. The Balaban J connectivity index is 2.92. The van der Waals surface area contributed by atoms with Crippen LogP contribution in [0, 0.1) is 18.2 Å². The lowest BCUT2D eigenvalue weighted by Gasteiger charge is -2.30. The van der Waals surface area contributed by atoms with E-state index < -0.39 is 0 Å². The fourth-order valence-corrected chi connectivity index (χ4v) is 2.89. The van der Waals surface area contributed by atoms with Gasteiger partial charge in [-0.1, -0.05) is 19.4 Å². The zero-order valence-corrected chi connectivity index (χ0v) is 11.9. The number of hydrogen-bond acceptors (Lipinski definition) is 0. The molecule has 0 saturated heterocycles. The number of halogens is 3. The maximum Gasteiger partial charge on any atom is 0.123 e. The van der Waals surface area contributed by atoms with Crippen molar-refractivity contribution in [2.45, 2.75) is 33.1 Å².